The van der Waals surface area contributed by atoms with E-state index in [0.29, 0.717) is 10.7 Å². The number of nitrogens with one attached hydrogen (secondary N) is 1. The maximum atomic E-state index is 11.9. The Kier molecular flexibility index (Phi) is 4.04. The molecule has 2 amide bonds. The van der Waals surface area contributed by atoms with E-state index in [4.69, 9.17) is 5.73 Å². The molecule has 1 aliphatic carbocycles. The number of aromatic nitrogens is 2. The number of primary amides is 1. The van der Waals surface area contributed by atoms with Crippen molar-refractivity contribution in [2.24, 2.45) is 11.7 Å². The van der Waals surface area contributed by atoms with Gasteiger partial charge in [0.25, 0.3) is 0 Å². The van der Waals surface area contributed by atoms with Crippen LogP contribution in [0.2, 0.25) is 0 Å². The zero-order valence-corrected chi connectivity index (χ0v) is 14.9. The normalized spacial score (nSPS) is 13.6. The molecule has 8 heteroatoms. The maximum absolute atomic E-state index is 11.9. The predicted octanol–water partition coefficient (Wildman–Crippen LogP) is 2.91. The van der Waals surface area contributed by atoms with Gasteiger partial charge < -0.3 is 16.0 Å². The Hall–Kier alpha value is -3.00. The lowest BCUT2D eigenvalue weighted by Gasteiger charge is -2.18. The van der Waals surface area contributed by atoms with Gasteiger partial charge in [-0.15, -0.1) is 0 Å². The van der Waals surface area contributed by atoms with Crippen LogP contribution >= 0.6 is 11.3 Å². The molecule has 0 saturated heterocycles. The van der Waals surface area contributed by atoms with E-state index < -0.39 is 5.91 Å². The maximum Gasteiger partial charge on any atom is 0.248 e. The molecule has 2 heterocycles. The summed E-state index contributed by atoms with van der Waals surface area (Å²) in [5.41, 5.74) is 7.37. The minimum Gasteiger partial charge on any atom is -0.366 e. The number of pyridine rings is 1. The Labute approximate surface area is 153 Å². The molecule has 0 radical (unpaired) electrons. The highest BCUT2D eigenvalue weighted by Gasteiger charge is 2.30. The number of fused-ring (bicyclic) bond motifs is 1. The van der Waals surface area contributed by atoms with Crippen LogP contribution in [0, 0.1) is 5.92 Å². The number of rotatable bonds is 5. The fourth-order valence-electron chi connectivity index (χ4n) is 2.58. The van der Waals surface area contributed by atoms with Gasteiger partial charge in [0.1, 0.15) is 16.2 Å². The molecule has 132 valence electrons. The van der Waals surface area contributed by atoms with Crippen molar-refractivity contribution in [2.45, 2.75) is 12.8 Å². The molecule has 26 heavy (non-hydrogen) atoms. The summed E-state index contributed by atoms with van der Waals surface area (Å²) in [5.74, 6) is 0.466. The van der Waals surface area contributed by atoms with Crippen LogP contribution in [0.4, 0.5) is 16.6 Å². The van der Waals surface area contributed by atoms with Gasteiger partial charge in [0.05, 0.1) is 0 Å². The van der Waals surface area contributed by atoms with Crippen LogP contribution in [-0.4, -0.2) is 28.8 Å². The lowest BCUT2D eigenvalue weighted by atomic mass is 10.2. The lowest BCUT2D eigenvalue weighted by Crippen LogP contribution is -2.13. The number of hydrogen-bond acceptors (Lipinski definition) is 6. The first kappa shape index (κ1) is 16.5. The SMILES string of the molecule is CN(c1ccc(C(N)=O)cc1)c1ccc2nc(NC(=O)C3CC3)sc2n1. The fraction of sp³-hybridized carbons (Fsp3) is 0.222. The zero-order valence-electron chi connectivity index (χ0n) is 14.1. The first-order chi connectivity index (χ1) is 12.5. The molecule has 7 nitrogen and oxygen atoms in total. The Morgan fingerprint density at radius 3 is 2.54 bits per heavy atom. The van der Waals surface area contributed by atoms with E-state index in [0.717, 1.165) is 34.7 Å². The Morgan fingerprint density at radius 2 is 1.88 bits per heavy atom. The van der Waals surface area contributed by atoms with Gasteiger partial charge >= 0.3 is 0 Å². The van der Waals surface area contributed by atoms with E-state index in [2.05, 4.69) is 15.3 Å². The number of nitrogens with zero attached hydrogens (tertiary/aromatic N) is 3. The minimum absolute atomic E-state index is 0.0379. The molecule has 3 N–H and O–H groups in total. The second-order valence-corrected chi connectivity index (χ2v) is 7.22. The largest absolute Gasteiger partial charge is 0.366 e. The molecule has 0 bridgehead atoms. The van der Waals surface area contributed by atoms with Crippen molar-refractivity contribution in [1.82, 2.24) is 9.97 Å². The zero-order chi connectivity index (χ0) is 18.3. The van der Waals surface area contributed by atoms with Crippen molar-refractivity contribution in [1.29, 1.82) is 0 Å². The topological polar surface area (TPSA) is 101 Å². The third kappa shape index (κ3) is 3.23. The summed E-state index contributed by atoms with van der Waals surface area (Å²) >= 11 is 1.36. The highest BCUT2D eigenvalue weighted by atomic mass is 32.1. The van der Waals surface area contributed by atoms with E-state index in [-0.39, 0.29) is 11.8 Å². The Morgan fingerprint density at radius 1 is 1.15 bits per heavy atom. The molecule has 0 unspecified atom stereocenters. The highest BCUT2D eigenvalue weighted by molar-refractivity contribution is 7.22. The summed E-state index contributed by atoms with van der Waals surface area (Å²) in [5, 5.41) is 3.44. The van der Waals surface area contributed by atoms with Gasteiger partial charge in [-0.25, -0.2) is 9.97 Å². The van der Waals surface area contributed by atoms with Crippen LogP contribution in [0.3, 0.4) is 0 Å². The lowest BCUT2D eigenvalue weighted by molar-refractivity contribution is -0.117. The third-order valence-electron chi connectivity index (χ3n) is 4.30. The second-order valence-electron chi connectivity index (χ2n) is 6.25. The summed E-state index contributed by atoms with van der Waals surface area (Å²) in [7, 11) is 1.89. The highest BCUT2D eigenvalue weighted by Crippen LogP contribution is 2.33. The standard InChI is InChI=1S/C18H17N5O2S/c1-23(12-6-4-10(5-7-12)15(19)24)14-9-8-13-17(21-14)26-18(20-13)22-16(25)11-2-3-11/h4-9,11H,2-3H2,1H3,(H2,19,24)(H,20,22,25). The van der Waals surface area contributed by atoms with Gasteiger partial charge in [0.2, 0.25) is 11.8 Å². The summed E-state index contributed by atoms with van der Waals surface area (Å²) in [6, 6.07) is 10.8. The van der Waals surface area contributed by atoms with Gasteiger partial charge in [0.15, 0.2) is 5.13 Å². The van der Waals surface area contributed by atoms with Gasteiger partial charge in [0, 0.05) is 24.2 Å². The van der Waals surface area contributed by atoms with Crippen molar-refractivity contribution in [2.75, 3.05) is 17.3 Å². The summed E-state index contributed by atoms with van der Waals surface area (Å²) in [4.78, 5) is 34.8. The number of carbonyl (C=O) groups excluding carboxylic acids is 2. The summed E-state index contributed by atoms with van der Waals surface area (Å²) in [6.07, 6.45) is 1.91. The molecule has 1 fully saturated rings. The monoisotopic (exact) mass is 367 g/mol. The van der Waals surface area contributed by atoms with Crippen LogP contribution in [0.15, 0.2) is 36.4 Å². The molecule has 4 rings (SSSR count). The number of hydrogen-bond donors (Lipinski definition) is 2. The smallest absolute Gasteiger partial charge is 0.248 e. The number of nitrogens with two attached hydrogens (primary N) is 1. The molecule has 2 aromatic heterocycles. The van der Waals surface area contributed by atoms with Crippen LogP contribution < -0.4 is 16.0 Å². The van der Waals surface area contributed by atoms with Crippen LogP contribution in [0.25, 0.3) is 10.3 Å². The molecular weight excluding hydrogens is 350 g/mol. The molecule has 3 aromatic rings. The summed E-state index contributed by atoms with van der Waals surface area (Å²) < 4.78 is 0. The van der Waals surface area contributed by atoms with Gasteiger partial charge in [-0.2, -0.15) is 0 Å². The second kappa shape index (κ2) is 6.38. The molecule has 0 atom stereocenters. The average Bonchev–Trinajstić information content (AvgIpc) is 3.41. The number of benzene rings is 1. The van der Waals surface area contributed by atoms with Gasteiger partial charge in [-0.05, 0) is 49.2 Å². The van der Waals surface area contributed by atoms with Gasteiger partial charge in [-0.1, -0.05) is 11.3 Å². The van der Waals surface area contributed by atoms with Crippen molar-refractivity contribution in [3.8, 4) is 0 Å². The van der Waals surface area contributed by atoms with E-state index >= 15 is 0 Å². The van der Waals surface area contributed by atoms with Crippen LogP contribution in [-0.2, 0) is 4.79 Å². The van der Waals surface area contributed by atoms with E-state index in [1.54, 1.807) is 12.1 Å². The van der Waals surface area contributed by atoms with E-state index in [1.807, 2.05) is 36.2 Å². The van der Waals surface area contributed by atoms with Crippen molar-refractivity contribution in [3.05, 3.63) is 42.0 Å². The molecule has 0 spiro atoms. The van der Waals surface area contributed by atoms with Gasteiger partial charge in [-0.3, -0.25) is 9.59 Å². The summed E-state index contributed by atoms with van der Waals surface area (Å²) in [6.45, 7) is 0. The van der Waals surface area contributed by atoms with Crippen molar-refractivity contribution >= 4 is 50.1 Å². The van der Waals surface area contributed by atoms with Crippen molar-refractivity contribution in [3.63, 3.8) is 0 Å². The molecule has 1 aromatic carbocycles. The first-order valence-corrected chi connectivity index (χ1v) is 9.05. The third-order valence-corrected chi connectivity index (χ3v) is 5.18. The van der Waals surface area contributed by atoms with Crippen LogP contribution in [0.5, 0.6) is 0 Å². The Bertz CT molecular complexity index is 994. The van der Waals surface area contributed by atoms with E-state index in [9.17, 15) is 9.59 Å². The number of anilines is 3. The average molecular weight is 367 g/mol. The molecule has 1 saturated carbocycles. The predicted molar refractivity (Wildman–Crippen MR) is 102 cm³/mol. The number of carbonyl (C=O) groups is 2. The number of thiazole rings is 1. The number of amides is 2. The quantitative estimate of drug-likeness (QED) is 0.722. The molecule has 0 aliphatic heterocycles. The first-order valence-electron chi connectivity index (χ1n) is 8.23. The minimum atomic E-state index is -0.454. The van der Waals surface area contributed by atoms with E-state index in [1.165, 1.54) is 11.3 Å². The molecular formula is C18H17N5O2S. The Balaban J connectivity index is 1.57. The molecule has 1 aliphatic rings. The van der Waals surface area contributed by atoms with Crippen molar-refractivity contribution < 1.29 is 9.59 Å². The fourth-order valence-corrected chi connectivity index (χ4v) is 3.42. The van der Waals surface area contributed by atoms with Crippen LogP contribution in [0.1, 0.15) is 23.2 Å².